The summed E-state index contributed by atoms with van der Waals surface area (Å²) in [6.07, 6.45) is 5.39. The van der Waals surface area contributed by atoms with Crippen LogP contribution in [-0.4, -0.2) is 34.1 Å². The fourth-order valence-corrected chi connectivity index (χ4v) is 5.38. The molecule has 8 nitrogen and oxygen atoms in total. The molecule has 3 unspecified atom stereocenters. The van der Waals surface area contributed by atoms with Gasteiger partial charge >= 0.3 is 0 Å². The van der Waals surface area contributed by atoms with Gasteiger partial charge in [-0.05, 0) is 25.3 Å². The van der Waals surface area contributed by atoms with E-state index in [0.29, 0.717) is 21.9 Å². The van der Waals surface area contributed by atoms with Gasteiger partial charge in [0, 0.05) is 11.6 Å². The van der Waals surface area contributed by atoms with Crippen molar-refractivity contribution in [1.82, 2.24) is 24.7 Å². The van der Waals surface area contributed by atoms with E-state index in [9.17, 15) is 9.00 Å². The topological polar surface area (TPSA) is 104 Å². The van der Waals surface area contributed by atoms with Crippen LogP contribution in [0, 0.1) is 6.92 Å². The standard InChI is InChI=1S/C15H13N5O3S/c1-7-8-5-16-15-18-13(8)20(9-3-2-4-10(9)24(15)22)14(21)11(7)12-17-6-23-19-12/h5-6,9-10H,2-4H2,1H3. The summed E-state index contributed by atoms with van der Waals surface area (Å²) < 4.78 is 19.3. The number of hydrogen-bond donors (Lipinski definition) is 0. The fourth-order valence-electron chi connectivity index (χ4n) is 3.85. The van der Waals surface area contributed by atoms with E-state index in [-0.39, 0.29) is 22.7 Å². The Bertz CT molecular complexity index is 1060. The molecule has 0 spiro atoms. The molecule has 1 aliphatic heterocycles. The van der Waals surface area contributed by atoms with Crippen molar-refractivity contribution >= 4 is 21.8 Å². The zero-order chi connectivity index (χ0) is 16.4. The van der Waals surface area contributed by atoms with Crippen LogP contribution in [0.5, 0.6) is 0 Å². The van der Waals surface area contributed by atoms with Crippen LogP contribution < -0.4 is 5.56 Å². The molecule has 5 rings (SSSR count). The lowest BCUT2D eigenvalue weighted by atomic mass is 10.1. The number of aryl methyl sites for hydroxylation is 1. The van der Waals surface area contributed by atoms with Gasteiger partial charge in [-0.15, -0.1) is 0 Å². The molecule has 2 aliphatic rings. The van der Waals surface area contributed by atoms with E-state index in [1.54, 1.807) is 10.8 Å². The van der Waals surface area contributed by atoms with Gasteiger partial charge in [-0.2, -0.15) is 4.98 Å². The number of hydrogen-bond acceptors (Lipinski definition) is 7. The second kappa shape index (κ2) is 4.79. The summed E-state index contributed by atoms with van der Waals surface area (Å²) in [7, 11) is -1.30. The first-order valence-corrected chi connectivity index (χ1v) is 8.97. The third-order valence-electron chi connectivity index (χ3n) is 4.98. The molecule has 0 radical (unpaired) electrons. The van der Waals surface area contributed by atoms with Crippen LogP contribution >= 0.6 is 0 Å². The lowest BCUT2D eigenvalue weighted by Gasteiger charge is -2.20. The maximum absolute atomic E-state index is 13.2. The van der Waals surface area contributed by atoms with Crippen molar-refractivity contribution in [2.75, 3.05) is 0 Å². The molecule has 9 heteroatoms. The van der Waals surface area contributed by atoms with Crippen molar-refractivity contribution < 1.29 is 8.73 Å². The number of rotatable bonds is 1. The maximum Gasteiger partial charge on any atom is 0.264 e. The molecule has 0 aromatic carbocycles. The van der Waals surface area contributed by atoms with Crippen molar-refractivity contribution in [2.24, 2.45) is 0 Å². The Labute approximate surface area is 138 Å². The highest BCUT2D eigenvalue weighted by atomic mass is 32.2. The summed E-state index contributed by atoms with van der Waals surface area (Å²) in [5, 5.41) is 4.77. The van der Waals surface area contributed by atoms with Gasteiger partial charge in [0.05, 0.1) is 27.7 Å². The highest BCUT2D eigenvalue weighted by molar-refractivity contribution is 7.85. The average molecular weight is 343 g/mol. The fraction of sp³-hybridized carbons (Fsp3) is 0.400. The first-order valence-electron chi connectivity index (χ1n) is 7.76. The van der Waals surface area contributed by atoms with Crippen molar-refractivity contribution in [2.45, 2.75) is 42.6 Å². The maximum atomic E-state index is 13.2. The molecule has 3 aromatic rings. The van der Waals surface area contributed by atoms with Gasteiger partial charge in [0.1, 0.15) is 5.65 Å². The predicted molar refractivity (Wildman–Crippen MR) is 84.9 cm³/mol. The van der Waals surface area contributed by atoms with Crippen LogP contribution in [0.25, 0.3) is 22.4 Å². The highest BCUT2D eigenvalue weighted by Crippen LogP contribution is 2.39. The van der Waals surface area contributed by atoms with E-state index < -0.39 is 10.8 Å². The Morgan fingerprint density at radius 2 is 2.21 bits per heavy atom. The summed E-state index contributed by atoms with van der Waals surface area (Å²) in [6.45, 7) is 1.82. The van der Waals surface area contributed by atoms with E-state index in [0.717, 1.165) is 24.6 Å². The van der Waals surface area contributed by atoms with Gasteiger partial charge in [0.2, 0.25) is 17.4 Å². The number of aromatic nitrogens is 5. The zero-order valence-corrected chi connectivity index (χ0v) is 13.6. The SMILES string of the molecule is Cc1c(-c2ncon2)c(=O)n2c3nc(ncc13)S(=O)C1CCCC12. The molecule has 3 aromatic heterocycles. The largest absolute Gasteiger partial charge is 0.342 e. The molecule has 3 atom stereocenters. The summed E-state index contributed by atoms with van der Waals surface area (Å²) in [6, 6.07) is -0.138. The zero-order valence-electron chi connectivity index (χ0n) is 12.8. The normalized spacial score (nSPS) is 25.1. The van der Waals surface area contributed by atoms with Crippen LogP contribution in [0.1, 0.15) is 30.9 Å². The quantitative estimate of drug-likeness (QED) is 0.615. The smallest absolute Gasteiger partial charge is 0.264 e. The Hall–Kier alpha value is -2.42. The van der Waals surface area contributed by atoms with E-state index in [4.69, 9.17) is 4.52 Å². The van der Waals surface area contributed by atoms with Crippen LogP contribution in [0.15, 0.2) is 27.1 Å². The minimum Gasteiger partial charge on any atom is -0.342 e. The second-order valence-electron chi connectivity index (χ2n) is 6.15. The van der Waals surface area contributed by atoms with E-state index in [1.807, 2.05) is 6.92 Å². The number of fused-ring (bicyclic) bond motifs is 3. The van der Waals surface area contributed by atoms with Crippen molar-refractivity contribution in [3.05, 3.63) is 28.5 Å². The molecule has 2 bridgehead atoms. The minimum absolute atomic E-state index is 0.133. The second-order valence-corrected chi connectivity index (χ2v) is 7.72. The average Bonchev–Trinajstić information content (AvgIpc) is 3.24. The molecule has 0 amide bonds. The first kappa shape index (κ1) is 14.0. The molecule has 122 valence electrons. The number of pyridine rings is 1. The molecule has 24 heavy (non-hydrogen) atoms. The predicted octanol–water partition coefficient (Wildman–Crippen LogP) is 1.36. The molecule has 1 aliphatic carbocycles. The van der Waals surface area contributed by atoms with Crippen molar-refractivity contribution in [3.63, 3.8) is 0 Å². The van der Waals surface area contributed by atoms with Crippen molar-refractivity contribution in [1.29, 1.82) is 0 Å². The Morgan fingerprint density at radius 1 is 1.33 bits per heavy atom. The lowest BCUT2D eigenvalue weighted by Crippen LogP contribution is -2.32. The molecule has 1 fully saturated rings. The van der Waals surface area contributed by atoms with Crippen LogP contribution in [-0.2, 0) is 10.8 Å². The molecule has 4 heterocycles. The Balaban J connectivity index is 1.95. The first-order chi connectivity index (χ1) is 11.7. The molecule has 0 N–H and O–H groups in total. The number of nitrogens with zero attached hydrogens (tertiary/aromatic N) is 5. The van der Waals surface area contributed by atoms with Crippen LogP contribution in [0.2, 0.25) is 0 Å². The summed E-state index contributed by atoms with van der Waals surface area (Å²) in [4.78, 5) is 26.0. The monoisotopic (exact) mass is 343 g/mol. The summed E-state index contributed by atoms with van der Waals surface area (Å²) >= 11 is 0. The Kier molecular flexibility index (Phi) is 2.79. The van der Waals surface area contributed by atoms with Gasteiger partial charge < -0.3 is 4.52 Å². The lowest BCUT2D eigenvalue weighted by molar-refractivity contribution is 0.418. The Morgan fingerprint density at radius 3 is 3.00 bits per heavy atom. The van der Waals surface area contributed by atoms with Gasteiger partial charge in [0.25, 0.3) is 5.56 Å². The van der Waals surface area contributed by atoms with Gasteiger partial charge in [-0.1, -0.05) is 11.6 Å². The van der Waals surface area contributed by atoms with Gasteiger partial charge in [-0.25, -0.2) is 9.97 Å². The van der Waals surface area contributed by atoms with E-state index in [2.05, 4.69) is 20.1 Å². The molecular formula is C15H13N5O3S. The molecule has 1 saturated carbocycles. The van der Waals surface area contributed by atoms with Gasteiger partial charge in [0.15, 0.2) is 0 Å². The van der Waals surface area contributed by atoms with Gasteiger partial charge in [-0.3, -0.25) is 13.6 Å². The summed E-state index contributed by atoms with van der Waals surface area (Å²) in [5.74, 6) is 0.257. The highest BCUT2D eigenvalue weighted by Gasteiger charge is 2.40. The van der Waals surface area contributed by atoms with E-state index in [1.165, 1.54) is 6.39 Å². The van der Waals surface area contributed by atoms with Crippen LogP contribution in [0.3, 0.4) is 0 Å². The third-order valence-corrected chi connectivity index (χ3v) is 6.63. The van der Waals surface area contributed by atoms with Crippen molar-refractivity contribution in [3.8, 4) is 11.4 Å². The van der Waals surface area contributed by atoms with E-state index >= 15 is 0 Å². The molecular weight excluding hydrogens is 330 g/mol. The minimum atomic E-state index is -1.30. The van der Waals surface area contributed by atoms with Crippen LogP contribution in [0.4, 0.5) is 0 Å². The third kappa shape index (κ3) is 1.67. The molecule has 0 saturated heterocycles. The summed E-state index contributed by atoms with van der Waals surface area (Å²) in [5.41, 5.74) is 1.45.